The van der Waals surface area contributed by atoms with E-state index >= 15 is 0 Å². The minimum absolute atomic E-state index is 0.0833. The van der Waals surface area contributed by atoms with Crippen LogP contribution < -0.4 is 15.4 Å². The Morgan fingerprint density at radius 2 is 2.00 bits per heavy atom. The van der Waals surface area contributed by atoms with Gasteiger partial charge in [0.05, 0.1) is 17.1 Å². The molecular formula is C17H13F3N2O3S. The molecule has 3 rings (SSSR count). The summed E-state index contributed by atoms with van der Waals surface area (Å²) in [5.74, 6) is -0.464. The number of carbonyl (C=O) groups excluding carboxylic acids is 2. The minimum Gasteiger partial charge on any atom is -0.482 e. The largest absolute Gasteiger partial charge is 0.482 e. The summed E-state index contributed by atoms with van der Waals surface area (Å²) in [4.78, 5) is 24.7. The van der Waals surface area contributed by atoms with E-state index in [4.69, 9.17) is 4.74 Å². The molecule has 0 unspecified atom stereocenters. The fourth-order valence-electron chi connectivity index (χ4n) is 2.27. The summed E-state index contributed by atoms with van der Waals surface area (Å²) in [7, 11) is 0. The Labute approximate surface area is 150 Å². The van der Waals surface area contributed by atoms with Gasteiger partial charge < -0.3 is 15.4 Å². The van der Waals surface area contributed by atoms with Gasteiger partial charge in [-0.15, -0.1) is 11.8 Å². The van der Waals surface area contributed by atoms with Crippen LogP contribution in [0.5, 0.6) is 5.75 Å². The SMILES string of the molecule is O=C1CSc2ccc(C(=O)Nc3ccccc3OCC(F)(F)F)cc2N1. The van der Waals surface area contributed by atoms with Gasteiger partial charge in [0.15, 0.2) is 6.61 Å². The van der Waals surface area contributed by atoms with Gasteiger partial charge in [0.2, 0.25) is 5.91 Å². The van der Waals surface area contributed by atoms with Crippen LogP contribution >= 0.6 is 11.8 Å². The zero-order chi connectivity index (χ0) is 18.7. The highest BCUT2D eigenvalue weighted by Gasteiger charge is 2.29. The molecule has 136 valence electrons. The van der Waals surface area contributed by atoms with Gasteiger partial charge in [-0.2, -0.15) is 13.2 Å². The molecule has 0 saturated heterocycles. The molecule has 2 N–H and O–H groups in total. The monoisotopic (exact) mass is 382 g/mol. The van der Waals surface area contributed by atoms with Crippen molar-refractivity contribution in [1.82, 2.24) is 0 Å². The number of thioether (sulfide) groups is 1. The highest BCUT2D eigenvalue weighted by molar-refractivity contribution is 8.00. The van der Waals surface area contributed by atoms with Crippen molar-refractivity contribution in [3.63, 3.8) is 0 Å². The molecule has 0 aliphatic carbocycles. The van der Waals surface area contributed by atoms with Gasteiger partial charge in [-0.05, 0) is 30.3 Å². The summed E-state index contributed by atoms with van der Waals surface area (Å²) in [6.07, 6.45) is -4.48. The average Bonchev–Trinajstić information content (AvgIpc) is 2.59. The highest BCUT2D eigenvalue weighted by atomic mass is 32.2. The molecule has 1 heterocycles. The average molecular weight is 382 g/mol. The maximum absolute atomic E-state index is 12.4. The molecular weight excluding hydrogens is 369 g/mol. The molecule has 2 aromatic rings. The van der Waals surface area contributed by atoms with E-state index in [0.717, 1.165) is 4.90 Å². The molecule has 0 aromatic heterocycles. The van der Waals surface area contributed by atoms with Crippen LogP contribution in [0.2, 0.25) is 0 Å². The Kier molecular flexibility index (Phi) is 5.08. The van der Waals surface area contributed by atoms with E-state index in [2.05, 4.69) is 10.6 Å². The van der Waals surface area contributed by atoms with E-state index in [1.165, 1.54) is 36.0 Å². The molecule has 26 heavy (non-hydrogen) atoms. The summed E-state index contributed by atoms with van der Waals surface area (Å²) in [6, 6.07) is 10.7. The second kappa shape index (κ2) is 7.28. The number of anilines is 2. The summed E-state index contributed by atoms with van der Waals surface area (Å²) in [5.41, 5.74) is 0.913. The number of benzene rings is 2. The van der Waals surface area contributed by atoms with Crippen LogP contribution in [-0.2, 0) is 4.79 Å². The van der Waals surface area contributed by atoms with Gasteiger partial charge in [-0.25, -0.2) is 0 Å². The van der Waals surface area contributed by atoms with Gasteiger partial charge in [-0.3, -0.25) is 9.59 Å². The molecule has 0 atom stereocenters. The number of hydrogen-bond donors (Lipinski definition) is 2. The molecule has 0 spiro atoms. The lowest BCUT2D eigenvalue weighted by Gasteiger charge is -2.17. The first-order valence-electron chi connectivity index (χ1n) is 7.48. The fraction of sp³-hybridized carbons (Fsp3) is 0.176. The lowest BCUT2D eigenvalue weighted by molar-refractivity contribution is -0.153. The number of rotatable bonds is 4. The number of ether oxygens (including phenoxy) is 1. The lowest BCUT2D eigenvalue weighted by Crippen LogP contribution is -2.21. The highest BCUT2D eigenvalue weighted by Crippen LogP contribution is 2.32. The third kappa shape index (κ3) is 4.48. The standard InChI is InChI=1S/C17H13F3N2O3S/c18-17(19,20)9-25-13-4-2-1-3-11(13)22-16(24)10-5-6-14-12(7-10)21-15(23)8-26-14/h1-7H,8-9H2,(H,21,23)(H,22,24). The van der Waals surface area contributed by atoms with Crippen molar-refractivity contribution in [2.75, 3.05) is 23.0 Å². The Hall–Kier alpha value is -2.68. The predicted molar refractivity (Wildman–Crippen MR) is 91.7 cm³/mol. The molecule has 1 aliphatic heterocycles. The predicted octanol–water partition coefficient (Wildman–Crippen LogP) is 3.92. The van der Waals surface area contributed by atoms with E-state index in [1.54, 1.807) is 18.2 Å². The Bertz CT molecular complexity index is 855. The topological polar surface area (TPSA) is 67.4 Å². The first kappa shape index (κ1) is 18.1. The number of nitrogens with one attached hydrogen (secondary N) is 2. The number of halogens is 3. The maximum atomic E-state index is 12.4. The van der Waals surface area contributed by atoms with Gasteiger partial charge in [-0.1, -0.05) is 12.1 Å². The molecule has 9 heteroatoms. The van der Waals surface area contributed by atoms with Crippen molar-refractivity contribution in [2.24, 2.45) is 0 Å². The minimum atomic E-state index is -4.48. The van der Waals surface area contributed by atoms with Crippen molar-refractivity contribution in [3.05, 3.63) is 48.0 Å². The van der Waals surface area contributed by atoms with Gasteiger partial charge in [0, 0.05) is 10.5 Å². The van der Waals surface area contributed by atoms with Crippen molar-refractivity contribution >= 4 is 35.0 Å². The number of fused-ring (bicyclic) bond motifs is 1. The maximum Gasteiger partial charge on any atom is 0.422 e. The number of hydrogen-bond acceptors (Lipinski definition) is 4. The van der Waals surface area contributed by atoms with E-state index in [1.807, 2.05) is 0 Å². The van der Waals surface area contributed by atoms with Crippen LogP contribution in [0, 0.1) is 0 Å². The number of amides is 2. The second-order valence-electron chi connectivity index (χ2n) is 5.40. The fourth-order valence-corrected chi connectivity index (χ4v) is 3.06. The number of para-hydroxylation sites is 2. The van der Waals surface area contributed by atoms with Crippen molar-refractivity contribution in [2.45, 2.75) is 11.1 Å². The van der Waals surface area contributed by atoms with Gasteiger partial charge in [0.1, 0.15) is 5.75 Å². The van der Waals surface area contributed by atoms with Crippen molar-refractivity contribution in [1.29, 1.82) is 0 Å². The Balaban J connectivity index is 1.76. The zero-order valence-electron chi connectivity index (χ0n) is 13.2. The molecule has 1 aliphatic rings. The third-order valence-corrected chi connectivity index (χ3v) is 4.47. The van der Waals surface area contributed by atoms with Crippen LogP contribution in [0.4, 0.5) is 24.5 Å². The van der Waals surface area contributed by atoms with Crippen molar-refractivity contribution in [3.8, 4) is 5.75 Å². The van der Waals surface area contributed by atoms with Crippen molar-refractivity contribution < 1.29 is 27.5 Å². The van der Waals surface area contributed by atoms with E-state index in [9.17, 15) is 22.8 Å². The summed E-state index contributed by atoms with van der Waals surface area (Å²) < 4.78 is 41.8. The van der Waals surface area contributed by atoms with Crippen LogP contribution in [0.1, 0.15) is 10.4 Å². The number of carbonyl (C=O) groups is 2. The van der Waals surface area contributed by atoms with E-state index in [-0.39, 0.29) is 22.9 Å². The third-order valence-electron chi connectivity index (χ3n) is 3.40. The second-order valence-corrected chi connectivity index (χ2v) is 6.42. The molecule has 0 bridgehead atoms. The lowest BCUT2D eigenvalue weighted by atomic mass is 10.1. The van der Waals surface area contributed by atoms with Crippen LogP contribution in [-0.4, -0.2) is 30.4 Å². The zero-order valence-corrected chi connectivity index (χ0v) is 14.0. The summed E-state index contributed by atoms with van der Waals surface area (Å²) >= 11 is 1.36. The first-order chi connectivity index (χ1) is 12.3. The van der Waals surface area contributed by atoms with Crippen LogP contribution in [0.15, 0.2) is 47.4 Å². The molecule has 2 amide bonds. The molecule has 0 radical (unpaired) electrons. The molecule has 2 aromatic carbocycles. The summed E-state index contributed by atoms with van der Waals surface area (Å²) in [5, 5.41) is 5.21. The molecule has 0 saturated carbocycles. The van der Waals surface area contributed by atoms with Crippen LogP contribution in [0.3, 0.4) is 0 Å². The van der Waals surface area contributed by atoms with Gasteiger partial charge >= 0.3 is 6.18 Å². The van der Waals surface area contributed by atoms with Gasteiger partial charge in [0.25, 0.3) is 5.91 Å². The van der Waals surface area contributed by atoms with Crippen LogP contribution in [0.25, 0.3) is 0 Å². The Morgan fingerprint density at radius 1 is 1.23 bits per heavy atom. The molecule has 0 fully saturated rings. The quantitative estimate of drug-likeness (QED) is 0.841. The number of alkyl halides is 3. The Morgan fingerprint density at radius 3 is 2.77 bits per heavy atom. The van der Waals surface area contributed by atoms with E-state index in [0.29, 0.717) is 11.4 Å². The summed E-state index contributed by atoms with van der Waals surface area (Å²) in [6.45, 7) is -1.46. The smallest absolute Gasteiger partial charge is 0.422 e. The van der Waals surface area contributed by atoms with E-state index < -0.39 is 18.7 Å². The molecule has 5 nitrogen and oxygen atoms in total. The first-order valence-corrected chi connectivity index (χ1v) is 8.47. The normalized spacial score (nSPS) is 13.6.